The SMILES string of the molecule is CCCn1c(=O)c2c(nc(C(C)C)n2Cc2ccc(-c3ccccc3-c3nn[nH]n3)cc2)n(CCOC)c1=O. The molecule has 2 aromatic carbocycles. The van der Waals surface area contributed by atoms with Crippen LogP contribution in [0.5, 0.6) is 0 Å². The van der Waals surface area contributed by atoms with Gasteiger partial charge in [-0.2, -0.15) is 5.21 Å². The molecule has 39 heavy (non-hydrogen) atoms. The Morgan fingerprint density at radius 3 is 2.33 bits per heavy atom. The Balaban J connectivity index is 1.60. The molecule has 5 rings (SSSR count). The van der Waals surface area contributed by atoms with Gasteiger partial charge in [0.1, 0.15) is 5.82 Å². The Bertz CT molecular complexity index is 1700. The predicted octanol–water partition coefficient (Wildman–Crippen LogP) is 3.43. The minimum atomic E-state index is -0.351. The Morgan fingerprint density at radius 2 is 1.69 bits per heavy atom. The summed E-state index contributed by atoms with van der Waals surface area (Å²) >= 11 is 0. The summed E-state index contributed by atoms with van der Waals surface area (Å²) in [5, 5.41) is 14.5. The summed E-state index contributed by atoms with van der Waals surface area (Å²) in [7, 11) is 1.59. The highest BCUT2D eigenvalue weighted by Gasteiger charge is 2.23. The number of ether oxygens (including phenoxy) is 1. The number of tetrazole rings is 1. The lowest BCUT2D eigenvalue weighted by Crippen LogP contribution is -2.41. The summed E-state index contributed by atoms with van der Waals surface area (Å²) in [6, 6.07) is 16.1. The molecule has 0 saturated carbocycles. The third kappa shape index (κ3) is 4.92. The van der Waals surface area contributed by atoms with E-state index in [2.05, 4.69) is 20.6 Å². The third-order valence-corrected chi connectivity index (χ3v) is 6.75. The smallest absolute Gasteiger partial charge is 0.332 e. The maximum absolute atomic E-state index is 13.6. The molecule has 1 N–H and O–H groups in total. The number of aromatic nitrogens is 8. The van der Waals surface area contributed by atoms with Gasteiger partial charge in [-0.05, 0) is 28.3 Å². The summed E-state index contributed by atoms with van der Waals surface area (Å²) in [6.07, 6.45) is 0.670. The van der Waals surface area contributed by atoms with Crippen molar-refractivity contribution >= 4 is 11.2 Å². The number of benzene rings is 2. The number of hydrogen-bond acceptors (Lipinski definition) is 7. The molecule has 0 amide bonds. The van der Waals surface area contributed by atoms with Crippen molar-refractivity contribution in [2.75, 3.05) is 13.7 Å². The second-order valence-corrected chi connectivity index (χ2v) is 9.74. The van der Waals surface area contributed by atoms with Crippen LogP contribution in [0.2, 0.25) is 0 Å². The van der Waals surface area contributed by atoms with E-state index >= 15 is 0 Å². The van der Waals surface area contributed by atoms with E-state index in [4.69, 9.17) is 9.72 Å². The van der Waals surface area contributed by atoms with Crippen LogP contribution in [0.4, 0.5) is 0 Å². The van der Waals surface area contributed by atoms with Crippen LogP contribution in [0, 0.1) is 0 Å². The van der Waals surface area contributed by atoms with Gasteiger partial charge in [0.15, 0.2) is 11.2 Å². The zero-order chi connectivity index (χ0) is 27.5. The van der Waals surface area contributed by atoms with Crippen LogP contribution in [-0.4, -0.2) is 53.0 Å². The van der Waals surface area contributed by atoms with Gasteiger partial charge in [-0.1, -0.05) is 69.3 Å². The van der Waals surface area contributed by atoms with Gasteiger partial charge in [-0.25, -0.2) is 9.78 Å². The van der Waals surface area contributed by atoms with E-state index in [1.54, 1.807) is 11.7 Å². The van der Waals surface area contributed by atoms with Gasteiger partial charge in [-0.15, -0.1) is 10.2 Å². The minimum absolute atomic E-state index is 0.0449. The normalized spacial score (nSPS) is 11.6. The number of imidazole rings is 1. The van der Waals surface area contributed by atoms with Gasteiger partial charge in [-0.3, -0.25) is 13.9 Å². The number of H-pyrrole nitrogens is 1. The second kappa shape index (κ2) is 11.2. The Kier molecular flexibility index (Phi) is 7.51. The Labute approximate surface area is 225 Å². The summed E-state index contributed by atoms with van der Waals surface area (Å²) in [5.74, 6) is 1.33. The molecule has 3 aromatic heterocycles. The minimum Gasteiger partial charge on any atom is -0.383 e. The number of methoxy groups -OCH3 is 1. The molecule has 11 heteroatoms. The summed E-state index contributed by atoms with van der Waals surface area (Å²) < 4.78 is 10.1. The fourth-order valence-corrected chi connectivity index (χ4v) is 4.89. The highest BCUT2D eigenvalue weighted by Crippen LogP contribution is 2.30. The fourth-order valence-electron chi connectivity index (χ4n) is 4.89. The molecule has 0 unspecified atom stereocenters. The maximum atomic E-state index is 13.6. The molecule has 0 aliphatic carbocycles. The standard InChI is InChI=1S/C28H32N8O3/c1-5-14-35-27(37)23-26(34(28(35)38)15-16-39-4)29-25(18(2)3)36(23)17-19-10-12-20(13-11-19)21-8-6-7-9-22(21)24-30-32-33-31-24/h6-13,18H,5,14-17H2,1-4H3,(H,30,31,32,33). The van der Waals surface area contributed by atoms with Gasteiger partial charge >= 0.3 is 5.69 Å². The van der Waals surface area contributed by atoms with E-state index in [9.17, 15) is 9.59 Å². The topological polar surface area (TPSA) is 126 Å². The summed E-state index contributed by atoms with van der Waals surface area (Å²) in [4.78, 5) is 31.7. The van der Waals surface area contributed by atoms with Crippen molar-refractivity contribution < 1.29 is 4.74 Å². The Morgan fingerprint density at radius 1 is 0.949 bits per heavy atom. The molecule has 3 heterocycles. The van der Waals surface area contributed by atoms with E-state index in [0.717, 1.165) is 28.1 Å². The molecule has 0 spiro atoms. The van der Waals surface area contributed by atoms with Crippen molar-refractivity contribution in [1.29, 1.82) is 0 Å². The second-order valence-electron chi connectivity index (χ2n) is 9.74. The fraction of sp³-hybridized carbons (Fsp3) is 0.357. The van der Waals surface area contributed by atoms with E-state index in [-0.39, 0.29) is 17.2 Å². The molecular weight excluding hydrogens is 496 g/mol. The first kappa shape index (κ1) is 26.2. The van der Waals surface area contributed by atoms with Crippen molar-refractivity contribution in [3.05, 3.63) is 80.8 Å². The summed E-state index contributed by atoms with van der Waals surface area (Å²) in [6.45, 7) is 7.48. The molecular formula is C28H32N8O3. The van der Waals surface area contributed by atoms with Crippen molar-refractivity contribution in [2.45, 2.75) is 52.7 Å². The first-order chi connectivity index (χ1) is 18.9. The molecule has 0 atom stereocenters. The van der Waals surface area contributed by atoms with Gasteiger partial charge in [0.25, 0.3) is 5.56 Å². The van der Waals surface area contributed by atoms with Gasteiger partial charge in [0.05, 0.1) is 13.2 Å². The number of nitrogens with one attached hydrogen (secondary N) is 1. The lowest BCUT2D eigenvalue weighted by molar-refractivity contribution is 0.186. The zero-order valence-corrected chi connectivity index (χ0v) is 22.6. The Hall–Kier alpha value is -4.38. The third-order valence-electron chi connectivity index (χ3n) is 6.75. The van der Waals surface area contributed by atoms with Crippen LogP contribution < -0.4 is 11.2 Å². The molecule has 11 nitrogen and oxygen atoms in total. The molecule has 0 fully saturated rings. The van der Waals surface area contributed by atoms with Crippen molar-refractivity contribution in [2.24, 2.45) is 0 Å². The van der Waals surface area contributed by atoms with E-state index < -0.39 is 0 Å². The van der Waals surface area contributed by atoms with Crippen LogP contribution in [0.3, 0.4) is 0 Å². The number of aromatic amines is 1. The first-order valence-electron chi connectivity index (χ1n) is 13.1. The quantitative estimate of drug-likeness (QED) is 0.294. The van der Waals surface area contributed by atoms with Gasteiger partial charge in [0.2, 0.25) is 5.82 Å². The maximum Gasteiger partial charge on any atom is 0.332 e. The molecule has 0 saturated heterocycles. The van der Waals surface area contributed by atoms with E-state index in [1.807, 2.05) is 73.9 Å². The lowest BCUT2D eigenvalue weighted by Gasteiger charge is -2.14. The van der Waals surface area contributed by atoms with Crippen LogP contribution in [0.15, 0.2) is 58.1 Å². The number of fused-ring (bicyclic) bond motifs is 1. The van der Waals surface area contributed by atoms with Gasteiger partial charge in [0, 0.05) is 31.7 Å². The number of hydrogen-bond donors (Lipinski definition) is 1. The van der Waals surface area contributed by atoms with Crippen LogP contribution >= 0.6 is 0 Å². The predicted molar refractivity (Wildman–Crippen MR) is 149 cm³/mol. The zero-order valence-electron chi connectivity index (χ0n) is 22.6. The van der Waals surface area contributed by atoms with E-state index in [0.29, 0.717) is 49.7 Å². The number of rotatable bonds is 10. The van der Waals surface area contributed by atoms with Crippen molar-refractivity contribution in [3.8, 4) is 22.5 Å². The molecule has 0 aliphatic heterocycles. The molecule has 202 valence electrons. The average molecular weight is 529 g/mol. The first-order valence-corrected chi connectivity index (χ1v) is 13.1. The average Bonchev–Trinajstić information content (AvgIpc) is 3.61. The van der Waals surface area contributed by atoms with E-state index in [1.165, 1.54) is 4.57 Å². The lowest BCUT2D eigenvalue weighted by atomic mass is 9.98. The van der Waals surface area contributed by atoms with Crippen molar-refractivity contribution in [3.63, 3.8) is 0 Å². The van der Waals surface area contributed by atoms with Crippen LogP contribution in [0.25, 0.3) is 33.7 Å². The summed E-state index contributed by atoms with van der Waals surface area (Å²) in [5.41, 5.74) is 4.08. The van der Waals surface area contributed by atoms with Crippen LogP contribution in [0.1, 0.15) is 44.5 Å². The monoisotopic (exact) mass is 528 g/mol. The highest BCUT2D eigenvalue weighted by molar-refractivity contribution is 5.80. The highest BCUT2D eigenvalue weighted by atomic mass is 16.5. The molecule has 0 aliphatic rings. The largest absolute Gasteiger partial charge is 0.383 e. The molecule has 5 aromatic rings. The van der Waals surface area contributed by atoms with Crippen LogP contribution in [-0.2, 0) is 24.4 Å². The molecule has 0 radical (unpaired) electrons. The number of nitrogens with zero attached hydrogens (tertiary/aromatic N) is 7. The van der Waals surface area contributed by atoms with Gasteiger partial charge < -0.3 is 9.30 Å². The van der Waals surface area contributed by atoms with Crippen molar-refractivity contribution in [1.82, 2.24) is 39.3 Å². The molecule has 0 bridgehead atoms.